The summed E-state index contributed by atoms with van der Waals surface area (Å²) in [7, 11) is 0. The van der Waals surface area contributed by atoms with Crippen molar-refractivity contribution < 1.29 is 34.7 Å². The molecule has 0 atom stereocenters. The molecule has 0 aliphatic carbocycles. The maximum Gasteiger partial charge on any atom is 1.00 e. The average Bonchev–Trinajstić information content (AvgIpc) is 1.41. The molecule has 0 heterocycles. The van der Waals surface area contributed by atoms with Crippen LogP contribution in [0.4, 0.5) is 0 Å². The Morgan fingerprint density at radius 2 is 2.17 bits per heavy atom. The van der Waals surface area contributed by atoms with Crippen molar-refractivity contribution in [2.45, 2.75) is 13.3 Å². The normalized spacial score (nSPS) is 8.17. The topological polar surface area (TPSA) is 23.1 Å². The Kier molecular flexibility index (Phi) is 14.8. The van der Waals surface area contributed by atoms with Gasteiger partial charge in [0.2, 0.25) is 0 Å². The van der Waals surface area contributed by atoms with E-state index >= 15 is 0 Å². The van der Waals surface area contributed by atoms with Gasteiger partial charge in [0.1, 0.15) is 0 Å². The van der Waals surface area contributed by atoms with Gasteiger partial charge in [-0.1, -0.05) is 6.92 Å². The van der Waals surface area contributed by atoms with E-state index in [9.17, 15) is 5.11 Å². The molecule has 0 aromatic heterocycles. The van der Waals surface area contributed by atoms with E-state index in [-0.39, 0.29) is 29.6 Å². The molecule has 0 aliphatic heterocycles. The van der Waals surface area contributed by atoms with Crippen LogP contribution in [-0.2, 0) is 0 Å². The van der Waals surface area contributed by atoms with Crippen molar-refractivity contribution in [1.29, 1.82) is 0 Å². The van der Waals surface area contributed by atoms with Gasteiger partial charge in [-0.25, -0.2) is 0 Å². The standard InChI is InChI=1S/C4H8O.Na/c1-2-3-4-5;/h3-5H,2H2,1H3;/q;+1/p-1. The van der Waals surface area contributed by atoms with E-state index in [1.165, 1.54) is 0 Å². The molecular formula is C4H7NaO. The zero-order valence-corrected chi connectivity index (χ0v) is 6.27. The minimum atomic E-state index is 0. The Bertz CT molecular complexity index is 34.5. The molecule has 0 amide bonds. The third-order valence-corrected chi connectivity index (χ3v) is 0.332. The van der Waals surface area contributed by atoms with Gasteiger partial charge in [-0.15, -0.1) is 6.08 Å². The zero-order valence-electron chi connectivity index (χ0n) is 4.27. The van der Waals surface area contributed by atoms with Crippen LogP contribution in [-0.4, -0.2) is 0 Å². The summed E-state index contributed by atoms with van der Waals surface area (Å²) in [5.74, 6) is 0. The van der Waals surface area contributed by atoms with Gasteiger partial charge in [-0.3, -0.25) is 0 Å². The maximum absolute atomic E-state index is 9.35. The summed E-state index contributed by atoms with van der Waals surface area (Å²) in [5.41, 5.74) is 0. The molecule has 0 aliphatic rings. The number of allylic oxidation sites excluding steroid dienone is 1. The Morgan fingerprint density at radius 1 is 1.67 bits per heavy atom. The van der Waals surface area contributed by atoms with Crippen molar-refractivity contribution in [2.75, 3.05) is 0 Å². The van der Waals surface area contributed by atoms with Crippen LogP contribution in [0.25, 0.3) is 0 Å². The van der Waals surface area contributed by atoms with Crippen LogP contribution in [0.5, 0.6) is 0 Å². The van der Waals surface area contributed by atoms with Gasteiger partial charge in [0.15, 0.2) is 0 Å². The minimum absolute atomic E-state index is 0. The predicted octanol–water partition coefficient (Wildman–Crippen LogP) is -2.73. The molecule has 0 radical (unpaired) electrons. The third kappa shape index (κ3) is 8.82. The first-order valence-electron chi connectivity index (χ1n) is 1.68. The van der Waals surface area contributed by atoms with Gasteiger partial charge < -0.3 is 5.11 Å². The molecule has 0 saturated carbocycles. The van der Waals surface area contributed by atoms with Crippen LogP contribution in [0.3, 0.4) is 0 Å². The molecule has 0 fully saturated rings. The van der Waals surface area contributed by atoms with Gasteiger partial charge in [-0.2, -0.15) is 6.26 Å². The first-order valence-corrected chi connectivity index (χ1v) is 1.68. The quantitative estimate of drug-likeness (QED) is 0.255. The summed E-state index contributed by atoms with van der Waals surface area (Å²) in [6.07, 6.45) is 3.23. The summed E-state index contributed by atoms with van der Waals surface area (Å²) in [6, 6.07) is 0. The first-order chi connectivity index (χ1) is 2.41. The van der Waals surface area contributed by atoms with Crippen LogP contribution in [0.2, 0.25) is 0 Å². The fraction of sp³-hybridized carbons (Fsp3) is 0.500. The van der Waals surface area contributed by atoms with E-state index < -0.39 is 0 Å². The minimum Gasteiger partial charge on any atom is -0.878 e. The molecule has 2 heteroatoms. The maximum atomic E-state index is 9.35. The Morgan fingerprint density at radius 3 is 2.17 bits per heavy atom. The SMILES string of the molecule is CCC=C[O-].[Na+]. The van der Waals surface area contributed by atoms with Crippen LogP contribution in [0.1, 0.15) is 13.3 Å². The van der Waals surface area contributed by atoms with Crippen LogP contribution < -0.4 is 34.7 Å². The zero-order chi connectivity index (χ0) is 4.12. The molecule has 0 N–H and O–H groups in total. The fourth-order valence-corrected chi connectivity index (χ4v) is 0.0962. The van der Waals surface area contributed by atoms with Crippen molar-refractivity contribution in [1.82, 2.24) is 0 Å². The smallest absolute Gasteiger partial charge is 0.878 e. The van der Waals surface area contributed by atoms with E-state index in [4.69, 9.17) is 0 Å². The summed E-state index contributed by atoms with van der Waals surface area (Å²) >= 11 is 0. The van der Waals surface area contributed by atoms with E-state index in [2.05, 4.69) is 0 Å². The Balaban J connectivity index is 0. The molecule has 0 aromatic carbocycles. The summed E-state index contributed by atoms with van der Waals surface area (Å²) in [5, 5.41) is 9.35. The largest absolute Gasteiger partial charge is 1.00 e. The average molecular weight is 94.1 g/mol. The van der Waals surface area contributed by atoms with Crippen molar-refractivity contribution in [3.05, 3.63) is 12.3 Å². The molecule has 6 heavy (non-hydrogen) atoms. The molecule has 0 saturated heterocycles. The van der Waals surface area contributed by atoms with Crippen LogP contribution in [0, 0.1) is 0 Å². The molecule has 0 unspecified atom stereocenters. The van der Waals surface area contributed by atoms with E-state index in [1.807, 2.05) is 6.92 Å². The first kappa shape index (κ1) is 9.74. The van der Waals surface area contributed by atoms with Gasteiger partial charge in [0, 0.05) is 0 Å². The van der Waals surface area contributed by atoms with Crippen LogP contribution in [0.15, 0.2) is 12.3 Å². The molecular weight excluding hydrogens is 87.0 g/mol. The molecule has 30 valence electrons. The van der Waals surface area contributed by atoms with Crippen molar-refractivity contribution in [2.24, 2.45) is 0 Å². The van der Waals surface area contributed by atoms with Gasteiger partial charge >= 0.3 is 29.6 Å². The summed E-state index contributed by atoms with van der Waals surface area (Å²) in [4.78, 5) is 0. The van der Waals surface area contributed by atoms with E-state index in [0.29, 0.717) is 0 Å². The number of hydrogen-bond donors (Lipinski definition) is 0. The second-order valence-corrected chi connectivity index (χ2v) is 0.780. The van der Waals surface area contributed by atoms with E-state index in [0.717, 1.165) is 12.7 Å². The van der Waals surface area contributed by atoms with Crippen molar-refractivity contribution >= 4 is 0 Å². The predicted molar refractivity (Wildman–Crippen MR) is 19.4 cm³/mol. The third-order valence-electron chi connectivity index (χ3n) is 0.332. The van der Waals surface area contributed by atoms with Crippen LogP contribution >= 0.6 is 0 Å². The second-order valence-electron chi connectivity index (χ2n) is 0.780. The Hall–Kier alpha value is 0.540. The second kappa shape index (κ2) is 9.11. The molecule has 0 rings (SSSR count). The van der Waals surface area contributed by atoms with Gasteiger partial charge in [0.05, 0.1) is 0 Å². The monoisotopic (exact) mass is 94.0 g/mol. The van der Waals surface area contributed by atoms with Crippen molar-refractivity contribution in [3.63, 3.8) is 0 Å². The Labute approximate surface area is 60.4 Å². The molecule has 0 bridgehead atoms. The number of rotatable bonds is 1. The van der Waals surface area contributed by atoms with E-state index in [1.54, 1.807) is 6.08 Å². The summed E-state index contributed by atoms with van der Waals surface area (Å²) < 4.78 is 0. The molecule has 1 nitrogen and oxygen atoms in total. The van der Waals surface area contributed by atoms with Gasteiger partial charge in [0.25, 0.3) is 0 Å². The fourth-order valence-electron chi connectivity index (χ4n) is 0.0962. The number of hydrogen-bond acceptors (Lipinski definition) is 1. The molecule has 0 spiro atoms. The molecule has 0 aromatic rings. The van der Waals surface area contributed by atoms with Gasteiger partial charge in [-0.05, 0) is 6.42 Å². The van der Waals surface area contributed by atoms with Crippen molar-refractivity contribution in [3.8, 4) is 0 Å². The summed E-state index contributed by atoms with van der Waals surface area (Å²) in [6.45, 7) is 1.92.